The van der Waals surface area contributed by atoms with E-state index in [1.165, 1.54) is 0 Å². The molecule has 0 spiro atoms. The van der Waals surface area contributed by atoms with Crippen molar-refractivity contribution in [2.75, 3.05) is 0 Å². The number of imidazole rings is 1. The first kappa shape index (κ1) is 11.0. The molecule has 0 aliphatic carbocycles. The first-order chi connectivity index (χ1) is 7.61. The van der Waals surface area contributed by atoms with Crippen molar-refractivity contribution < 1.29 is 0 Å². The molecule has 0 atom stereocenters. The van der Waals surface area contributed by atoms with Crippen LogP contribution in [0.1, 0.15) is 5.69 Å². The molecule has 3 nitrogen and oxygen atoms in total. The average Bonchev–Trinajstić information content (AvgIpc) is 2.64. The monoisotopic (exact) mass is 251 g/mol. The van der Waals surface area contributed by atoms with Crippen molar-refractivity contribution in [2.24, 2.45) is 7.05 Å². The third kappa shape index (κ3) is 1.90. The van der Waals surface area contributed by atoms with Gasteiger partial charge in [-0.15, -0.1) is 0 Å². The van der Waals surface area contributed by atoms with Crippen molar-refractivity contribution in [3.63, 3.8) is 0 Å². The highest BCUT2D eigenvalue weighted by Gasteiger charge is 2.08. The van der Waals surface area contributed by atoms with E-state index in [0.29, 0.717) is 21.6 Å². The quantitative estimate of drug-likeness (QED) is 0.781. The van der Waals surface area contributed by atoms with E-state index >= 15 is 0 Å². The molecule has 0 unspecified atom stereocenters. The fraction of sp³-hybridized carbons (Fsp3) is 0.0909. The number of hydrogen-bond acceptors (Lipinski definition) is 2. The minimum atomic E-state index is 0.378. The van der Waals surface area contributed by atoms with Gasteiger partial charge in [-0.1, -0.05) is 23.2 Å². The molecule has 1 aromatic heterocycles. The Kier molecular flexibility index (Phi) is 2.86. The van der Waals surface area contributed by atoms with Gasteiger partial charge >= 0.3 is 0 Å². The van der Waals surface area contributed by atoms with E-state index in [1.807, 2.05) is 19.2 Å². The molecule has 5 heteroatoms. The molecule has 0 bridgehead atoms. The Labute approximate surface area is 103 Å². The second-order valence-corrected chi connectivity index (χ2v) is 4.12. The molecule has 0 radical (unpaired) electrons. The van der Waals surface area contributed by atoms with Crippen LogP contribution in [0.25, 0.3) is 11.4 Å². The second kappa shape index (κ2) is 4.17. The highest BCUT2D eigenvalue weighted by molar-refractivity contribution is 6.42. The van der Waals surface area contributed by atoms with Gasteiger partial charge < -0.3 is 4.57 Å². The molecule has 0 saturated heterocycles. The van der Waals surface area contributed by atoms with Gasteiger partial charge in [0.2, 0.25) is 0 Å². The average molecular weight is 252 g/mol. The van der Waals surface area contributed by atoms with Gasteiger partial charge in [0.05, 0.1) is 10.0 Å². The second-order valence-electron chi connectivity index (χ2n) is 3.30. The summed E-state index contributed by atoms with van der Waals surface area (Å²) in [5.41, 5.74) is 1.21. The lowest BCUT2D eigenvalue weighted by Crippen LogP contribution is -1.90. The predicted octanol–water partition coefficient (Wildman–Crippen LogP) is 3.27. The summed E-state index contributed by atoms with van der Waals surface area (Å²) in [6.07, 6.45) is 1.66. The Hall–Kier alpha value is -1.50. The lowest BCUT2D eigenvalue weighted by Gasteiger charge is -2.02. The number of hydrogen-bond donors (Lipinski definition) is 0. The number of benzene rings is 1. The molecule has 0 fully saturated rings. The van der Waals surface area contributed by atoms with Crippen LogP contribution in [0.4, 0.5) is 0 Å². The van der Waals surface area contributed by atoms with Gasteiger partial charge in [0, 0.05) is 18.8 Å². The summed E-state index contributed by atoms with van der Waals surface area (Å²) in [7, 11) is 1.83. The lowest BCUT2D eigenvalue weighted by atomic mass is 10.2. The standard InChI is InChI=1S/C11H7Cl2N3/c1-16-6-8(5-14)15-11(16)7-2-3-9(12)10(13)4-7/h2-4,6H,1H3. The zero-order chi connectivity index (χ0) is 11.7. The van der Waals surface area contributed by atoms with E-state index in [9.17, 15) is 0 Å². The normalized spacial score (nSPS) is 10.1. The molecule has 2 rings (SSSR count). The summed E-state index contributed by atoms with van der Waals surface area (Å²) in [6.45, 7) is 0. The van der Waals surface area contributed by atoms with Gasteiger partial charge in [-0.05, 0) is 18.2 Å². The summed E-state index contributed by atoms with van der Waals surface area (Å²) in [6, 6.07) is 7.25. The highest BCUT2D eigenvalue weighted by Crippen LogP contribution is 2.27. The lowest BCUT2D eigenvalue weighted by molar-refractivity contribution is 0.924. The zero-order valence-electron chi connectivity index (χ0n) is 8.41. The van der Waals surface area contributed by atoms with Crippen molar-refractivity contribution in [1.82, 2.24) is 9.55 Å². The molecule has 1 heterocycles. The molecule has 0 amide bonds. The maximum absolute atomic E-state index is 8.75. The van der Waals surface area contributed by atoms with E-state index < -0.39 is 0 Å². The van der Waals surface area contributed by atoms with Crippen LogP contribution in [0.2, 0.25) is 10.0 Å². The van der Waals surface area contributed by atoms with Crippen LogP contribution in [0.3, 0.4) is 0 Å². The number of nitrogens with zero attached hydrogens (tertiary/aromatic N) is 3. The Morgan fingerprint density at radius 3 is 2.62 bits per heavy atom. The van der Waals surface area contributed by atoms with Gasteiger partial charge in [-0.25, -0.2) is 4.98 Å². The van der Waals surface area contributed by atoms with Crippen LogP contribution >= 0.6 is 23.2 Å². The first-order valence-electron chi connectivity index (χ1n) is 4.50. The topological polar surface area (TPSA) is 41.6 Å². The minimum Gasteiger partial charge on any atom is -0.333 e. The number of aromatic nitrogens is 2. The van der Waals surface area contributed by atoms with E-state index in [1.54, 1.807) is 22.9 Å². The van der Waals surface area contributed by atoms with Gasteiger partial charge in [0.1, 0.15) is 11.9 Å². The van der Waals surface area contributed by atoms with Crippen LogP contribution < -0.4 is 0 Å². The summed E-state index contributed by atoms with van der Waals surface area (Å²) in [4.78, 5) is 4.17. The maximum Gasteiger partial charge on any atom is 0.159 e. The van der Waals surface area contributed by atoms with Crippen LogP contribution in [-0.4, -0.2) is 9.55 Å². The summed E-state index contributed by atoms with van der Waals surface area (Å²) in [5.74, 6) is 0.690. The van der Waals surface area contributed by atoms with E-state index in [2.05, 4.69) is 4.98 Å². The first-order valence-corrected chi connectivity index (χ1v) is 5.26. The third-order valence-electron chi connectivity index (χ3n) is 2.17. The fourth-order valence-electron chi connectivity index (χ4n) is 1.42. The predicted molar refractivity (Wildman–Crippen MR) is 63.4 cm³/mol. The summed E-state index contributed by atoms with van der Waals surface area (Å²) < 4.78 is 1.78. The van der Waals surface area contributed by atoms with Crippen molar-refractivity contribution >= 4 is 23.2 Å². The van der Waals surface area contributed by atoms with Crippen molar-refractivity contribution in [3.05, 3.63) is 40.1 Å². The number of nitriles is 1. The zero-order valence-corrected chi connectivity index (χ0v) is 9.92. The molecular weight excluding hydrogens is 245 g/mol. The van der Waals surface area contributed by atoms with Gasteiger partial charge in [-0.3, -0.25) is 0 Å². The number of halogens is 2. The molecule has 0 N–H and O–H groups in total. The van der Waals surface area contributed by atoms with Crippen LogP contribution in [0, 0.1) is 11.3 Å². The smallest absolute Gasteiger partial charge is 0.159 e. The molecular formula is C11H7Cl2N3. The minimum absolute atomic E-state index is 0.378. The van der Waals surface area contributed by atoms with Gasteiger partial charge in [0.15, 0.2) is 5.69 Å². The molecule has 80 valence electrons. The molecule has 0 saturated carbocycles. The molecule has 2 aromatic rings. The third-order valence-corrected chi connectivity index (χ3v) is 2.91. The number of aryl methyl sites for hydroxylation is 1. The summed E-state index contributed by atoms with van der Waals surface area (Å²) >= 11 is 11.8. The summed E-state index contributed by atoms with van der Waals surface area (Å²) in [5, 5.41) is 9.72. The Balaban J connectivity index is 2.55. The van der Waals surface area contributed by atoms with Gasteiger partial charge in [-0.2, -0.15) is 5.26 Å². The van der Waals surface area contributed by atoms with Crippen molar-refractivity contribution in [1.29, 1.82) is 5.26 Å². The van der Waals surface area contributed by atoms with Crippen molar-refractivity contribution in [3.8, 4) is 17.5 Å². The molecule has 0 aliphatic rings. The maximum atomic E-state index is 8.75. The highest BCUT2D eigenvalue weighted by atomic mass is 35.5. The molecule has 0 aliphatic heterocycles. The fourth-order valence-corrected chi connectivity index (χ4v) is 1.72. The molecule has 1 aromatic carbocycles. The van der Waals surface area contributed by atoms with E-state index in [4.69, 9.17) is 28.5 Å². The van der Waals surface area contributed by atoms with Crippen LogP contribution in [0.15, 0.2) is 24.4 Å². The Morgan fingerprint density at radius 2 is 2.06 bits per heavy atom. The molecule has 16 heavy (non-hydrogen) atoms. The number of rotatable bonds is 1. The van der Waals surface area contributed by atoms with E-state index in [-0.39, 0.29) is 0 Å². The van der Waals surface area contributed by atoms with Crippen LogP contribution in [-0.2, 0) is 7.05 Å². The SMILES string of the molecule is Cn1cc(C#N)nc1-c1ccc(Cl)c(Cl)c1. The Morgan fingerprint density at radius 1 is 1.31 bits per heavy atom. The van der Waals surface area contributed by atoms with Crippen LogP contribution in [0.5, 0.6) is 0 Å². The Bertz CT molecular complexity index is 581. The van der Waals surface area contributed by atoms with Crippen molar-refractivity contribution in [2.45, 2.75) is 0 Å². The van der Waals surface area contributed by atoms with E-state index in [0.717, 1.165) is 5.56 Å². The van der Waals surface area contributed by atoms with Gasteiger partial charge in [0.25, 0.3) is 0 Å². The largest absolute Gasteiger partial charge is 0.333 e.